The third kappa shape index (κ3) is 2.59. The molecule has 1 atom stereocenters. The predicted molar refractivity (Wildman–Crippen MR) is 37.2 cm³/mol. The van der Waals surface area contributed by atoms with Crippen molar-refractivity contribution in [2.45, 2.75) is 6.10 Å². The molecule has 1 heterocycles. The van der Waals surface area contributed by atoms with Crippen LogP contribution in [0.15, 0.2) is 12.2 Å². The molecule has 0 amide bonds. The molecule has 0 bridgehead atoms. The van der Waals surface area contributed by atoms with Gasteiger partial charge in [0.25, 0.3) is 0 Å². The van der Waals surface area contributed by atoms with Crippen molar-refractivity contribution in [3.8, 4) is 0 Å². The highest BCUT2D eigenvalue weighted by atomic mass is 16.7. The van der Waals surface area contributed by atoms with Crippen molar-refractivity contribution in [1.29, 1.82) is 0 Å². The van der Waals surface area contributed by atoms with E-state index in [0.717, 1.165) is 0 Å². The minimum atomic E-state index is -0.676. The van der Waals surface area contributed by atoms with Gasteiger partial charge in [-0.15, -0.1) is 0 Å². The first kappa shape index (κ1) is 8.07. The Bertz CT molecular complexity index is 164. The van der Waals surface area contributed by atoms with E-state index in [9.17, 15) is 4.79 Å². The van der Waals surface area contributed by atoms with Gasteiger partial charge in [-0.2, -0.15) is 0 Å². The van der Waals surface area contributed by atoms with Crippen molar-refractivity contribution >= 4 is 6.16 Å². The molecular formula is C7H10O4. The second kappa shape index (κ2) is 3.98. The van der Waals surface area contributed by atoms with Crippen LogP contribution in [0, 0.1) is 0 Å². The highest BCUT2D eigenvalue weighted by molar-refractivity contribution is 5.60. The summed E-state index contributed by atoms with van der Waals surface area (Å²) < 4.78 is 14.1. The van der Waals surface area contributed by atoms with Gasteiger partial charge < -0.3 is 14.2 Å². The fourth-order valence-electron chi connectivity index (χ4n) is 0.760. The van der Waals surface area contributed by atoms with E-state index in [1.807, 2.05) is 0 Å². The summed E-state index contributed by atoms with van der Waals surface area (Å²) >= 11 is 0. The van der Waals surface area contributed by atoms with E-state index >= 15 is 0 Å². The van der Waals surface area contributed by atoms with E-state index in [1.54, 1.807) is 12.2 Å². The lowest BCUT2D eigenvalue weighted by atomic mass is 10.3. The number of carbonyl (C=O) groups excluding carboxylic acids is 1. The Labute approximate surface area is 64.7 Å². The highest BCUT2D eigenvalue weighted by Crippen LogP contribution is 2.02. The maximum atomic E-state index is 10.5. The molecule has 1 aliphatic heterocycles. The lowest BCUT2D eigenvalue weighted by Gasteiger charge is -2.16. The number of methoxy groups -OCH3 is 1. The van der Waals surface area contributed by atoms with Crippen LogP contribution >= 0.6 is 0 Å². The highest BCUT2D eigenvalue weighted by Gasteiger charge is 2.13. The molecule has 4 heteroatoms. The smallest absolute Gasteiger partial charge is 0.438 e. The maximum Gasteiger partial charge on any atom is 0.508 e. The molecule has 1 aliphatic rings. The Morgan fingerprint density at radius 1 is 1.73 bits per heavy atom. The molecule has 0 aromatic carbocycles. The first-order valence-corrected chi connectivity index (χ1v) is 3.32. The van der Waals surface area contributed by atoms with Gasteiger partial charge in [0.2, 0.25) is 0 Å². The summed E-state index contributed by atoms with van der Waals surface area (Å²) in [6.07, 6.45) is 2.61. The third-order valence-electron chi connectivity index (χ3n) is 1.26. The second-order valence-electron chi connectivity index (χ2n) is 2.08. The molecule has 0 spiro atoms. The summed E-state index contributed by atoms with van der Waals surface area (Å²) in [7, 11) is 1.27. The summed E-state index contributed by atoms with van der Waals surface area (Å²) in [4.78, 5) is 10.5. The number of hydrogen-bond acceptors (Lipinski definition) is 4. The van der Waals surface area contributed by atoms with Crippen molar-refractivity contribution < 1.29 is 19.0 Å². The van der Waals surface area contributed by atoms with Crippen LogP contribution in [0.5, 0.6) is 0 Å². The first-order chi connectivity index (χ1) is 5.33. The molecule has 0 saturated carbocycles. The van der Waals surface area contributed by atoms with Gasteiger partial charge in [-0.1, -0.05) is 6.08 Å². The van der Waals surface area contributed by atoms with E-state index in [0.29, 0.717) is 13.2 Å². The van der Waals surface area contributed by atoms with Crippen molar-refractivity contribution in [2.24, 2.45) is 0 Å². The molecular weight excluding hydrogens is 148 g/mol. The zero-order valence-corrected chi connectivity index (χ0v) is 6.28. The largest absolute Gasteiger partial charge is 0.508 e. The minimum absolute atomic E-state index is 0.295. The third-order valence-corrected chi connectivity index (χ3v) is 1.26. The molecule has 4 nitrogen and oxygen atoms in total. The molecule has 1 rings (SSSR count). The maximum absolute atomic E-state index is 10.5. The van der Waals surface area contributed by atoms with Gasteiger partial charge in [-0.05, 0) is 6.08 Å². The molecule has 0 aromatic rings. The van der Waals surface area contributed by atoms with Gasteiger partial charge in [0.05, 0.1) is 20.3 Å². The summed E-state index contributed by atoms with van der Waals surface area (Å²) in [5, 5.41) is 0. The average molecular weight is 158 g/mol. The summed E-state index contributed by atoms with van der Waals surface area (Å²) in [5.74, 6) is 0. The van der Waals surface area contributed by atoms with Crippen molar-refractivity contribution in [2.75, 3.05) is 20.3 Å². The molecule has 1 unspecified atom stereocenters. The standard InChI is InChI=1S/C7H10O4/c1-9-7(8)11-6-3-2-4-10-5-6/h2-3,6H,4-5H2,1H3. The van der Waals surface area contributed by atoms with Crippen molar-refractivity contribution in [1.82, 2.24) is 0 Å². The van der Waals surface area contributed by atoms with Crippen LogP contribution in [0.2, 0.25) is 0 Å². The monoisotopic (exact) mass is 158 g/mol. The van der Waals surface area contributed by atoms with Gasteiger partial charge in [0.15, 0.2) is 0 Å². The van der Waals surface area contributed by atoms with Gasteiger partial charge in [0.1, 0.15) is 6.10 Å². The second-order valence-corrected chi connectivity index (χ2v) is 2.08. The van der Waals surface area contributed by atoms with Gasteiger partial charge in [-0.25, -0.2) is 4.79 Å². The van der Waals surface area contributed by atoms with Crippen LogP contribution in [-0.2, 0) is 14.2 Å². The first-order valence-electron chi connectivity index (χ1n) is 3.32. The lowest BCUT2D eigenvalue weighted by molar-refractivity contribution is 0.00883. The Balaban J connectivity index is 2.30. The van der Waals surface area contributed by atoms with Crippen LogP contribution in [0.4, 0.5) is 4.79 Å². The minimum Gasteiger partial charge on any atom is -0.438 e. The van der Waals surface area contributed by atoms with Gasteiger partial charge in [0, 0.05) is 0 Å². The van der Waals surface area contributed by atoms with E-state index in [1.165, 1.54) is 7.11 Å². The van der Waals surface area contributed by atoms with E-state index < -0.39 is 6.16 Å². The topological polar surface area (TPSA) is 44.8 Å². The Kier molecular flexibility index (Phi) is 2.92. The lowest BCUT2D eigenvalue weighted by Crippen LogP contribution is -2.24. The summed E-state index contributed by atoms with van der Waals surface area (Å²) in [6, 6.07) is 0. The van der Waals surface area contributed by atoms with E-state index in [-0.39, 0.29) is 6.10 Å². The molecule has 0 aromatic heterocycles. The fourth-order valence-corrected chi connectivity index (χ4v) is 0.760. The molecule has 0 saturated heterocycles. The van der Waals surface area contributed by atoms with Crippen molar-refractivity contribution in [3.05, 3.63) is 12.2 Å². The predicted octanol–water partition coefficient (Wildman–Crippen LogP) is 0.724. The number of hydrogen-bond donors (Lipinski definition) is 0. The Hall–Kier alpha value is -1.03. The van der Waals surface area contributed by atoms with Gasteiger partial charge in [-0.3, -0.25) is 0 Å². The van der Waals surface area contributed by atoms with E-state index in [4.69, 9.17) is 9.47 Å². The SMILES string of the molecule is COC(=O)OC1C=CCOC1. The molecule has 0 aliphatic carbocycles. The quantitative estimate of drug-likeness (QED) is 0.416. The summed E-state index contributed by atoms with van der Waals surface area (Å²) in [5.41, 5.74) is 0. The molecule has 0 N–H and O–H groups in total. The number of ether oxygens (including phenoxy) is 3. The van der Waals surface area contributed by atoms with Crippen LogP contribution in [0.25, 0.3) is 0 Å². The van der Waals surface area contributed by atoms with Crippen LogP contribution < -0.4 is 0 Å². The van der Waals surface area contributed by atoms with E-state index in [2.05, 4.69) is 4.74 Å². The van der Waals surface area contributed by atoms with Crippen LogP contribution in [-0.4, -0.2) is 32.6 Å². The normalized spacial score (nSPS) is 22.8. The molecule has 0 fully saturated rings. The number of rotatable bonds is 1. The molecule has 62 valence electrons. The molecule has 0 radical (unpaired) electrons. The van der Waals surface area contributed by atoms with Crippen molar-refractivity contribution in [3.63, 3.8) is 0 Å². The summed E-state index contributed by atoms with van der Waals surface area (Å²) in [6.45, 7) is 0.993. The fraction of sp³-hybridized carbons (Fsp3) is 0.571. The zero-order valence-electron chi connectivity index (χ0n) is 6.28. The molecule has 11 heavy (non-hydrogen) atoms. The number of carbonyl (C=O) groups is 1. The zero-order chi connectivity index (χ0) is 8.10. The average Bonchev–Trinajstić information content (AvgIpc) is 2.06. The van der Waals surface area contributed by atoms with Crippen LogP contribution in [0.3, 0.4) is 0 Å². The Morgan fingerprint density at radius 2 is 2.55 bits per heavy atom. The van der Waals surface area contributed by atoms with Gasteiger partial charge >= 0.3 is 6.16 Å². The Morgan fingerprint density at radius 3 is 3.09 bits per heavy atom. The van der Waals surface area contributed by atoms with Crippen LogP contribution in [0.1, 0.15) is 0 Å².